The maximum Gasteiger partial charge on any atom is 0.137 e. The van der Waals surface area contributed by atoms with Crippen molar-refractivity contribution in [2.75, 3.05) is 9.80 Å². The van der Waals surface area contributed by atoms with Crippen molar-refractivity contribution in [3.05, 3.63) is 224 Å². The molecule has 0 atom stereocenters. The molecule has 0 aliphatic heterocycles. The molecule has 12 rings (SSSR count). The smallest absolute Gasteiger partial charge is 0.137 e. The third kappa shape index (κ3) is 6.08. The Morgan fingerprint density at radius 3 is 1.69 bits per heavy atom. The van der Waals surface area contributed by atoms with Crippen LogP contribution >= 0.6 is 0 Å². The molecule has 4 nitrogen and oxygen atoms in total. The molecule has 0 aliphatic rings. The fourth-order valence-corrected chi connectivity index (χ4v) is 9.17. The quantitative estimate of drug-likeness (QED) is 0.144. The van der Waals surface area contributed by atoms with E-state index in [1.165, 1.54) is 32.8 Å². The van der Waals surface area contributed by atoms with E-state index in [9.17, 15) is 0 Å². The molecule has 0 spiro atoms. The molecule has 0 unspecified atom stereocenters. The van der Waals surface area contributed by atoms with E-state index in [-0.39, 0.29) is 0 Å². The molecule has 0 saturated heterocycles. The second-order valence-corrected chi connectivity index (χ2v) is 15.7. The fourth-order valence-electron chi connectivity index (χ4n) is 9.17. The van der Waals surface area contributed by atoms with Crippen LogP contribution in [0.5, 0.6) is 0 Å². The summed E-state index contributed by atoms with van der Waals surface area (Å²) in [7, 11) is 0. The summed E-state index contributed by atoms with van der Waals surface area (Å²) in [6, 6.07) is 77.9. The van der Waals surface area contributed by atoms with Crippen LogP contribution in [0.3, 0.4) is 0 Å². The first-order chi connectivity index (χ1) is 30.2. The number of benzene rings is 10. The molecule has 0 bridgehead atoms. The Labute approximate surface area is 352 Å². The van der Waals surface area contributed by atoms with Gasteiger partial charge in [-0.05, 0) is 117 Å². The molecule has 0 aliphatic carbocycles. The Kier molecular flexibility index (Phi) is 8.20. The van der Waals surface area contributed by atoms with Crippen LogP contribution in [-0.2, 0) is 6.54 Å². The number of rotatable bonds is 8. The van der Waals surface area contributed by atoms with Crippen LogP contribution in [0.15, 0.2) is 227 Å². The Balaban J connectivity index is 1.05. The van der Waals surface area contributed by atoms with E-state index in [1.807, 2.05) is 24.3 Å². The summed E-state index contributed by atoms with van der Waals surface area (Å²) in [5.74, 6) is 0. The average molecular weight is 783 g/mol. The number of nitrogens with zero attached hydrogens (tertiary/aromatic N) is 2. The Bertz CT molecular complexity index is 3590. The van der Waals surface area contributed by atoms with Crippen LogP contribution in [0.1, 0.15) is 5.56 Å². The normalized spacial score (nSPS) is 11.7. The highest BCUT2D eigenvalue weighted by Crippen LogP contribution is 2.43. The molecule has 2 heterocycles. The van der Waals surface area contributed by atoms with Gasteiger partial charge in [-0.1, -0.05) is 133 Å². The van der Waals surface area contributed by atoms with Crippen molar-refractivity contribution < 1.29 is 8.83 Å². The minimum Gasteiger partial charge on any atom is -0.456 e. The predicted octanol–water partition coefficient (Wildman–Crippen LogP) is 16.3. The van der Waals surface area contributed by atoms with Crippen LogP contribution in [-0.4, -0.2) is 0 Å². The third-order valence-corrected chi connectivity index (χ3v) is 12.1. The fraction of sp³-hybridized carbons (Fsp3) is 0.0175. The van der Waals surface area contributed by atoms with Gasteiger partial charge in [0.2, 0.25) is 0 Å². The molecule has 0 fully saturated rings. The Morgan fingerprint density at radius 1 is 0.311 bits per heavy atom. The summed E-state index contributed by atoms with van der Waals surface area (Å²) in [5.41, 5.74) is 12.5. The van der Waals surface area contributed by atoms with Gasteiger partial charge in [-0.15, -0.1) is 0 Å². The van der Waals surface area contributed by atoms with Gasteiger partial charge in [-0.3, -0.25) is 0 Å². The van der Waals surface area contributed by atoms with Gasteiger partial charge in [0, 0.05) is 62.6 Å². The van der Waals surface area contributed by atoms with Crippen molar-refractivity contribution in [2.24, 2.45) is 0 Å². The number of hydrogen-bond donors (Lipinski definition) is 0. The highest BCUT2D eigenvalue weighted by Gasteiger charge is 2.20. The molecule has 0 amide bonds. The van der Waals surface area contributed by atoms with Crippen molar-refractivity contribution in [3.8, 4) is 11.1 Å². The molecule has 0 saturated carbocycles. The maximum absolute atomic E-state index is 6.50. The van der Waals surface area contributed by atoms with Crippen molar-refractivity contribution in [2.45, 2.75) is 6.54 Å². The van der Waals surface area contributed by atoms with Gasteiger partial charge in [0.1, 0.15) is 22.3 Å². The maximum atomic E-state index is 6.50. The lowest BCUT2D eigenvalue weighted by Crippen LogP contribution is -2.18. The first-order valence-corrected chi connectivity index (χ1v) is 20.8. The molecule has 288 valence electrons. The number of fused-ring (bicyclic) bond motifs is 9. The standard InChI is InChI=1S/C57H38N2O2/c1-3-14-38(15-4-1)47-21-8-7-16-41(47)37-58(42-17-5-2-6-18-42)43-19-13-20-44(33-43)59(46-30-31-50-48-22-9-11-24-54(48)61-57(50)35-46)45-29-28-39-26-27-40-32-56-53(36-52(40)51(39)34-45)49-23-10-12-25-55(49)60-56/h1-36H,37H2. The lowest BCUT2D eigenvalue weighted by atomic mass is 9.98. The molecule has 0 radical (unpaired) electrons. The first-order valence-electron chi connectivity index (χ1n) is 20.8. The van der Waals surface area contributed by atoms with Gasteiger partial charge in [-0.2, -0.15) is 0 Å². The van der Waals surface area contributed by atoms with Crippen LogP contribution in [0.25, 0.3) is 76.5 Å². The summed E-state index contributed by atoms with van der Waals surface area (Å²) < 4.78 is 12.8. The summed E-state index contributed by atoms with van der Waals surface area (Å²) in [6.45, 7) is 0.683. The van der Waals surface area contributed by atoms with Crippen molar-refractivity contribution in [1.29, 1.82) is 0 Å². The van der Waals surface area contributed by atoms with E-state index in [0.29, 0.717) is 6.54 Å². The van der Waals surface area contributed by atoms with Gasteiger partial charge in [0.15, 0.2) is 0 Å². The van der Waals surface area contributed by atoms with Gasteiger partial charge < -0.3 is 18.6 Å². The van der Waals surface area contributed by atoms with Gasteiger partial charge in [-0.25, -0.2) is 0 Å². The number of para-hydroxylation sites is 3. The first kappa shape index (κ1) is 34.9. The van der Waals surface area contributed by atoms with E-state index < -0.39 is 0 Å². The zero-order chi connectivity index (χ0) is 40.3. The number of anilines is 5. The molecular formula is C57H38N2O2. The van der Waals surface area contributed by atoms with Crippen LogP contribution in [0.2, 0.25) is 0 Å². The summed E-state index contributed by atoms with van der Waals surface area (Å²) in [5, 5.41) is 9.14. The summed E-state index contributed by atoms with van der Waals surface area (Å²) in [6.07, 6.45) is 0. The van der Waals surface area contributed by atoms with Gasteiger partial charge >= 0.3 is 0 Å². The van der Waals surface area contributed by atoms with E-state index in [2.05, 4.69) is 204 Å². The highest BCUT2D eigenvalue weighted by atomic mass is 16.3. The van der Waals surface area contributed by atoms with Crippen molar-refractivity contribution >= 4 is 93.9 Å². The zero-order valence-electron chi connectivity index (χ0n) is 33.2. The second kappa shape index (κ2) is 14.3. The van der Waals surface area contributed by atoms with E-state index >= 15 is 0 Å². The molecule has 2 aromatic heterocycles. The predicted molar refractivity (Wildman–Crippen MR) is 255 cm³/mol. The molecule has 12 aromatic rings. The van der Waals surface area contributed by atoms with Crippen LogP contribution < -0.4 is 9.80 Å². The topological polar surface area (TPSA) is 32.8 Å². The van der Waals surface area contributed by atoms with Gasteiger partial charge in [0.25, 0.3) is 0 Å². The summed E-state index contributed by atoms with van der Waals surface area (Å²) >= 11 is 0. The highest BCUT2D eigenvalue weighted by molar-refractivity contribution is 6.17. The average Bonchev–Trinajstić information content (AvgIpc) is 3.88. The number of furan rings is 2. The Hall–Kier alpha value is -8.08. The Morgan fingerprint density at radius 2 is 0.869 bits per heavy atom. The largest absolute Gasteiger partial charge is 0.456 e. The third-order valence-electron chi connectivity index (χ3n) is 12.1. The van der Waals surface area contributed by atoms with E-state index in [4.69, 9.17) is 8.83 Å². The molecule has 61 heavy (non-hydrogen) atoms. The second-order valence-electron chi connectivity index (χ2n) is 15.7. The molecule has 10 aromatic carbocycles. The van der Waals surface area contributed by atoms with Gasteiger partial charge in [0.05, 0.1) is 0 Å². The lowest BCUT2D eigenvalue weighted by Gasteiger charge is -2.30. The molecule has 0 N–H and O–H groups in total. The minimum atomic E-state index is 0.683. The number of hydrogen-bond acceptors (Lipinski definition) is 4. The summed E-state index contributed by atoms with van der Waals surface area (Å²) in [4.78, 5) is 4.78. The van der Waals surface area contributed by atoms with E-state index in [1.54, 1.807) is 0 Å². The van der Waals surface area contributed by atoms with E-state index in [0.717, 1.165) is 77.7 Å². The monoisotopic (exact) mass is 782 g/mol. The molecule has 4 heteroatoms. The minimum absolute atomic E-state index is 0.683. The van der Waals surface area contributed by atoms with Crippen molar-refractivity contribution in [3.63, 3.8) is 0 Å². The van der Waals surface area contributed by atoms with Crippen LogP contribution in [0, 0.1) is 0 Å². The SMILES string of the molecule is c1ccc(-c2ccccc2CN(c2ccccc2)c2cccc(N(c3ccc4c(c3)oc3ccccc34)c3ccc4ccc5cc6oc7ccccc7c6cc5c4c3)c2)cc1. The van der Waals surface area contributed by atoms with Crippen molar-refractivity contribution in [1.82, 2.24) is 0 Å². The molecular weight excluding hydrogens is 745 g/mol. The zero-order valence-corrected chi connectivity index (χ0v) is 33.2. The lowest BCUT2D eigenvalue weighted by molar-refractivity contribution is 0.669. The van der Waals surface area contributed by atoms with Crippen LogP contribution in [0.4, 0.5) is 28.4 Å².